The normalized spacial score (nSPS) is 11.2. The third-order valence-corrected chi connectivity index (χ3v) is 3.67. The third-order valence-electron chi connectivity index (χ3n) is 3.24. The van der Waals surface area contributed by atoms with Crippen LogP contribution in [0.15, 0.2) is 35.1 Å². The number of H-pyrrole nitrogens is 1. The first kappa shape index (κ1) is 16.4. The van der Waals surface area contributed by atoms with Crippen molar-refractivity contribution < 1.29 is 27.1 Å². The number of carbonyl (C=O) groups is 1. The predicted molar refractivity (Wildman–Crippen MR) is 80.2 cm³/mol. The average molecular weight is 403 g/mol. The van der Waals surface area contributed by atoms with Crippen molar-refractivity contribution in [1.29, 1.82) is 0 Å². The lowest BCUT2D eigenvalue weighted by atomic mass is 10.0. The number of aromatic nitrogens is 2. The van der Waals surface area contributed by atoms with E-state index in [9.17, 15) is 22.4 Å². The van der Waals surface area contributed by atoms with Crippen molar-refractivity contribution >= 4 is 32.7 Å². The number of pyridine rings is 1. The fraction of sp³-hybridized carbons (Fsp3) is 0.0667. The lowest BCUT2D eigenvalue weighted by molar-refractivity contribution is -0.0523. The Morgan fingerprint density at radius 3 is 2.75 bits per heavy atom. The second-order valence-electron chi connectivity index (χ2n) is 4.69. The Balaban J connectivity index is 2.14. The molecule has 0 saturated carbocycles. The zero-order chi connectivity index (χ0) is 17.4. The van der Waals surface area contributed by atoms with Crippen molar-refractivity contribution in [2.45, 2.75) is 6.61 Å². The number of halogens is 5. The molecule has 1 N–H and O–H groups in total. The van der Waals surface area contributed by atoms with Crippen LogP contribution in [0.3, 0.4) is 0 Å². The minimum Gasteiger partial charge on any atom is -0.432 e. The lowest BCUT2D eigenvalue weighted by Gasteiger charge is -2.09. The Kier molecular flexibility index (Phi) is 4.27. The molecule has 9 heteroatoms. The minimum absolute atomic E-state index is 0.0502. The number of carbonyl (C=O) groups excluding carboxylic acids is 1. The summed E-state index contributed by atoms with van der Waals surface area (Å²) in [7, 11) is 0. The van der Waals surface area contributed by atoms with Gasteiger partial charge in [0, 0.05) is 27.8 Å². The number of fused-ring (bicyclic) bond motifs is 1. The highest BCUT2D eigenvalue weighted by atomic mass is 79.9. The van der Waals surface area contributed by atoms with Crippen LogP contribution in [0.4, 0.5) is 17.6 Å². The Morgan fingerprint density at radius 1 is 1.29 bits per heavy atom. The quantitative estimate of drug-likeness (QED) is 0.518. The van der Waals surface area contributed by atoms with Crippen molar-refractivity contribution in [3.63, 3.8) is 0 Å². The van der Waals surface area contributed by atoms with Gasteiger partial charge in [-0.15, -0.1) is 0 Å². The molecule has 124 valence electrons. The monoisotopic (exact) mass is 402 g/mol. The maximum absolute atomic E-state index is 14.3. The molecule has 0 atom stereocenters. The highest BCUT2D eigenvalue weighted by molar-refractivity contribution is 9.10. The summed E-state index contributed by atoms with van der Waals surface area (Å²) < 4.78 is 57.3. The number of rotatable bonds is 4. The van der Waals surface area contributed by atoms with Crippen molar-refractivity contribution in [2.75, 3.05) is 0 Å². The first-order chi connectivity index (χ1) is 11.4. The molecule has 3 rings (SSSR count). The fourth-order valence-electron chi connectivity index (χ4n) is 2.23. The van der Waals surface area contributed by atoms with Crippen LogP contribution in [0.5, 0.6) is 5.75 Å². The van der Waals surface area contributed by atoms with Gasteiger partial charge in [-0.3, -0.25) is 4.79 Å². The molecule has 4 nitrogen and oxygen atoms in total. The summed E-state index contributed by atoms with van der Waals surface area (Å²) in [6.45, 7) is -3.30. The molecule has 3 aromatic rings. The molecular weight excluding hydrogens is 396 g/mol. The van der Waals surface area contributed by atoms with Crippen LogP contribution in [0, 0.1) is 11.6 Å². The standard InChI is InChI=1S/C15H7BrF4N2O2/c16-6-3-7-8(5-22-14(7)21-4-6)13(23)11-9(17)1-2-10(12(11)18)24-15(19)20/h1-5,15H,(H,21,22). The number of alkyl halides is 2. The second kappa shape index (κ2) is 6.23. The molecule has 0 unspecified atom stereocenters. The number of ketones is 1. The molecule has 0 aliphatic carbocycles. The molecular formula is C15H7BrF4N2O2. The van der Waals surface area contributed by atoms with Gasteiger partial charge in [-0.05, 0) is 34.1 Å². The summed E-state index contributed by atoms with van der Waals surface area (Å²) in [4.78, 5) is 19.2. The van der Waals surface area contributed by atoms with Gasteiger partial charge in [-0.2, -0.15) is 8.78 Å². The lowest BCUT2D eigenvalue weighted by Crippen LogP contribution is -2.11. The zero-order valence-electron chi connectivity index (χ0n) is 11.6. The van der Waals surface area contributed by atoms with Crippen molar-refractivity contribution in [2.24, 2.45) is 0 Å². The van der Waals surface area contributed by atoms with E-state index in [1.54, 1.807) is 6.07 Å². The molecule has 0 spiro atoms. The number of nitrogens with one attached hydrogen (secondary N) is 1. The molecule has 2 heterocycles. The van der Waals surface area contributed by atoms with Gasteiger partial charge in [0.15, 0.2) is 11.6 Å². The van der Waals surface area contributed by atoms with Gasteiger partial charge in [0.1, 0.15) is 11.5 Å². The summed E-state index contributed by atoms with van der Waals surface area (Å²) in [5, 5.41) is 0.327. The summed E-state index contributed by atoms with van der Waals surface area (Å²) in [5.74, 6) is -4.60. The molecule has 0 aliphatic heterocycles. The number of hydrogen-bond acceptors (Lipinski definition) is 3. The molecule has 0 fully saturated rings. The van der Waals surface area contributed by atoms with Crippen molar-refractivity contribution in [3.8, 4) is 5.75 Å². The van der Waals surface area contributed by atoms with E-state index in [-0.39, 0.29) is 5.56 Å². The van der Waals surface area contributed by atoms with Crippen LogP contribution in [0.25, 0.3) is 11.0 Å². The number of benzene rings is 1. The van der Waals surface area contributed by atoms with E-state index < -0.39 is 35.3 Å². The summed E-state index contributed by atoms with van der Waals surface area (Å²) in [5.41, 5.74) is -0.692. The highest BCUT2D eigenvalue weighted by Gasteiger charge is 2.26. The fourth-order valence-corrected chi connectivity index (χ4v) is 2.56. The average Bonchev–Trinajstić information content (AvgIpc) is 2.92. The number of nitrogens with zero attached hydrogens (tertiary/aromatic N) is 1. The largest absolute Gasteiger partial charge is 0.432 e. The van der Waals surface area contributed by atoms with Crippen molar-refractivity contribution in [1.82, 2.24) is 9.97 Å². The SMILES string of the molecule is O=C(c1c(F)ccc(OC(F)F)c1F)c1c[nH]c2ncc(Br)cc12. The molecule has 24 heavy (non-hydrogen) atoms. The summed E-state index contributed by atoms with van der Waals surface area (Å²) >= 11 is 3.19. The van der Waals surface area contributed by atoms with Gasteiger partial charge in [-0.25, -0.2) is 13.8 Å². The zero-order valence-corrected chi connectivity index (χ0v) is 13.2. The van der Waals surface area contributed by atoms with Crippen LogP contribution in [0.1, 0.15) is 15.9 Å². The van der Waals surface area contributed by atoms with E-state index >= 15 is 0 Å². The molecule has 1 aromatic carbocycles. The van der Waals surface area contributed by atoms with E-state index in [1.165, 1.54) is 12.4 Å². The van der Waals surface area contributed by atoms with Crippen LogP contribution in [-0.4, -0.2) is 22.4 Å². The van der Waals surface area contributed by atoms with Gasteiger partial charge in [0.2, 0.25) is 5.78 Å². The second-order valence-corrected chi connectivity index (χ2v) is 5.61. The number of hydrogen-bond donors (Lipinski definition) is 1. The van der Waals surface area contributed by atoms with Gasteiger partial charge >= 0.3 is 6.61 Å². The maximum Gasteiger partial charge on any atom is 0.387 e. The van der Waals surface area contributed by atoms with Gasteiger partial charge in [0.05, 0.1) is 5.56 Å². The van der Waals surface area contributed by atoms with E-state index in [4.69, 9.17) is 0 Å². The third kappa shape index (κ3) is 2.86. The summed E-state index contributed by atoms with van der Waals surface area (Å²) in [6.07, 6.45) is 2.72. The minimum atomic E-state index is -3.30. The van der Waals surface area contributed by atoms with Crippen LogP contribution < -0.4 is 4.74 Å². The van der Waals surface area contributed by atoms with E-state index in [0.29, 0.717) is 27.6 Å². The Bertz CT molecular complexity index is 943. The molecule has 0 radical (unpaired) electrons. The Hall–Kier alpha value is -2.42. The number of ether oxygens (including phenoxy) is 1. The summed E-state index contributed by atoms with van der Waals surface area (Å²) in [6, 6.07) is 2.93. The van der Waals surface area contributed by atoms with E-state index in [2.05, 4.69) is 30.6 Å². The first-order valence-electron chi connectivity index (χ1n) is 6.48. The van der Waals surface area contributed by atoms with Crippen LogP contribution in [-0.2, 0) is 0 Å². The molecule has 0 aliphatic rings. The maximum atomic E-state index is 14.3. The predicted octanol–water partition coefficient (Wildman–Crippen LogP) is 4.44. The number of aromatic amines is 1. The van der Waals surface area contributed by atoms with Crippen LogP contribution in [0.2, 0.25) is 0 Å². The molecule has 0 saturated heterocycles. The first-order valence-corrected chi connectivity index (χ1v) is 7.28. The molecule has 0 amide bonds. The molecule has 2 aromatic heterocycles. The Labute approximate surface area is 140 Å². The topological polar surface area (TPSA) is 55.0 Å². The van der Waals surface area contributed by atoms with Gasteiger partial charge in [-0.1, -0.05) is 0 Å². The smallest absolute Gasteiger partial charge is 0.387 e. The highest BCUT2D eigenvalue weighted by Crippen LogP contribution is 2.29. The van der Waals surface area contributed by atoms with Gasteiger partial charge < -0.3 is 9.72 Å². The van der Waals surface area contributed by atoms with E-state index in [0.717, 1.165) is 0 Å². The molecule has 0 bridgehead atoms. The van der Waals surface area contributed by atoms with E-state index in [1.807, 2.05) is 0 Å². The van der Waals surface area contributed by atoms with Crippen molar-refractivity contribution in [3.05, 3.63) is 57.8 Å². The van der Waals surface area contributed by atoms with Crippen LogP contribution >= 0.6 is 15.9 Å². The van der Waals surface area contributed by atoms with Gasteiger partial charge in [0.25, 0.3) is 0 Å². The Morgan fingerprint density at radius 2 is 2.04 bits per heavy atom.